The molecule has 26 heavy (non-hydrogen) atoms. The number of benzene rings is 1. The Bertz CT molecular complexity index is 1040. The highest BCUT2D eigenvalue weighted by Gasteiger charge is 2.18. The zero-order valence-electron chi connectivity index (χ0n) is 13.8. The van der Waals surface area contributed by atoms with Gasteiger partial charge in [-0.15, -0.1) is 0 Å². The van der Waals surface area contributed by atoms with Crippen LogP contribution < -0.4 is 4.72 Å². The first kappa shape index (κ1) is 18.7. The predicted molar refractivity (Wildman–Crippen MR) is 94.8 cm³/mol. The molecule has 0 saturated carbocycles. The molecule has 3 aromatic rings. The van der Waals surface area contributed by atoms with Crippen LogP contribution in [0.5, 0.6) is 0 Å². The van der Waals surface area contributed by atoms with E-state index in [0.717, 1.165) is 18.2 Å². The number of nitrogens with zero attached hydrogens (tertiary/aromatic N) is 3. The van der Waals surface area contributed by atoms with E-state index in [0.29, 0.717) is 30.1 Å². The van der Waals surface area contributed by atoms with Gasteiger partial charge in [-0.25, -0.2) is 27.5 Å². The molecule has 1 aromatic carbocycles. The number of sulfonamides is 1. The number of aromatic nitrogens is 3. The number of ether oxygens (including phenoxy) is 1. The van der Waals surface area contributed by atoms with E-state index in [-0.39, 0.29) is 16.5 Å². The second kappa shape index (κ2) is 7.67. The van der Waals surface area contributed by atoms with Crippen molar-refractivity contribution in [2.24, 2.45) is 0 Å². The lowest BCUT2D eigenvalue weighted by Gasteiger charge is -2.10. The van der Waals surface area contributed by atoms with Crippen molar-refractivity contribution in [2.75, 3.05) is 13.7 Å². The molecule has 2 aromatic heterocycles. The third-order valence-corrected chi connectivity index (χ3v) is 5.41. The molecule has 0 bridgehead atoms. The van der Waals surface area contributed by atoms with Gasteiger partial charge in [-0.1, -0.05) is 11.6 Å². The first-order valence-corrected chi connectivity index (χ1v) is 9.52. The van der Waals surface area contributed by atoms with E-state index in [2.05, 4.69) is 14.7 Å². The summed E-state index contributed by atoms with van der Waals surface area (Å²) in [7, 11) is -2.30. The van der Waals surface area contributed by atoms with Crippen LogP contribution in [-0.2, 0) is 27.8 Å². The number of rotatable bonds is 7. The minimum absolute atomic E-state index is 0.0581. The Kier molecular flexibility index (Phi) is 5.52. The van der Waals surface area contributed by atoms with E-state index in [4.69, 9.17) is 16.3 Å². The first-order valence-electron chi connectivity index (χ1n) is 7.66. The third kappa shape index (κ3) is 3.85. The average Bonchev–Trinajstić information content (AvgIpc) is 2.98. The highest BCUT2D eigenvalue weighted by atomic mass is 35.5. The molecule has 3 rings (SSSR count). The van der Waals surface area contributed by atoms with Crippen LogP contribution in [0.15, 0.2) is 41.4 Å². The maximum Gasteiger partial charge on any atom is 0.241 e. The number of halogens is 2. The molecule has 138 valence electrons. The summed E-state index contributed by atoms with van der Waals surface area (Å²) < 4.78 is 47.5. The van der Waals surface area contributed by atoms with Crippen molar-refractivity contribution in [1.82, 2.24) is 19.3 Å². The molecular formula is C16H16ClFN4O3S. The Balaban J connectivity index is 1.87. The van der Waals surface area contributed by atoms with Gasteiger partial charge < -0.3 is 9.30 Å². The normalized spacial score (nSPS) is 12.0. The zero-order valence-corrected chi connectivity index (χ0v) is 15.4. The monoisotopic (exact) mass is 398 g/mol. The number of nitrogens with one attached hydrogen (secondary N) is 1. The summed E-state index contributed by atoms with van der Waals surface area (Å²) in [6.07, 6.45) is 1.64. The van der Waals surface area contributed by atoms with Gasteiger partial charge in [0, 0.05) is 19.9 Å². The lowest BCUT2D eigenvalue weighted by atomic mass is 10.3. The van der Waals surface area contributed by atoms with Crippen LogP contribution in [0.3, 0.4) is 0 Å². The SMILES string of the molecule is COCCn1c(CNS(=O)(=O)c2ccc(F)c(Cl)c2)nc2cccnc21. The summed E-state index contributed by atoms with van der Waals surface area (Å²) in [4.78, 5) is 8.59. The van der Waals surface area contributed by atoms with Gasteiger partial charge in [0.05, 0.1) is 23.1 Å². The van der Waals surface area contributed by atoms with Crippen LogP contribution in [0, 0.1) is 5.82 Å². The van der Waals surface area contributed by atoms with E-state index in [9.17, 15) is 12.8 Å². The lowest BCUT2D eigenvalue weighted by Crippen LogP contribution is -2.25. The fraction of sp³-hybridized carbons (Fsp3) is 0.250. The van der Waals surface area contributed by atoms with Crippen LogP contribution in [0.1, 0.15) is 5.82 Å². The van der Waals surface area contributed by atoms with Gasteiger partial charge in [0.1, 0.15) is 17.2 Å². The Morgan fingerprint density at radius 1 is 1.35 bits per heavy atom. The van der Waals surface area contributed by atoms with Gasteiger partial charge >= 0.3 is 0 Å². The highest BCUT2D eigenvalue weighted by molar-refractivity contribution is 7.89. The van der Waals surface area contributed by atoms with Gasteiger partial charge in [0.2, 0.25) is 10.0 Å². The fourth-order valence-electron chi connectivity index (χ4n) is 2.44. The number of imidazole rings is 1. The molecule has 0 amide bonds. The Hall–Kier alpha value is -2.07. The number of pyridine rings is 1. The van der Waals surface area contributed by atoms with Crippen LogP contribution in [0.4, 0.5) is 4.39 Å². The van der Waals surface area contributed by atoms with Gasteiger partial charge in [0.25, 0.3) is 0 Å². The summed E-state index contributed by atoms with van der Waals surface area (Å²) in [5, 5.41) is -0.260. The third-order valence-electron chi connectivity index (χ3n) is 3.72. The standard InChI is InChI=1S/C16H16ClFN4O3S/c1-25-8-7-22-15(21-14-3-2-6-19-16(14)22)10-20-26(23,24)11-4-5-13(18)12(17)9-11/h2-6,9,20H,7-8,10H2,1H3. The fourth-order valence-corrected chi connectivity index (χ4v) is 3.70. The van der Waals surface area contributed by atoms with Crippen molar-refractivity contribution in [3.8, 4) is 0 Å². The maximum absolute atomic E-state index is 13.2. The van der Waals surface area contributed by atoms with Crippen LogP contribution in [0.2, 0.25) is 5.02 Å². The highest BCUT2D eigenvalue weighted by Crippen LogP contribution is 2.20. The largest absolute Gasteiger partial charge is 0.383 e. The van der Waals surface area contributed by atoms with Crippen LogP contribution in [0.25, 0.3) is 11.2 Å². The van der Waals surface area contributed by atoms with Crippen molar-refractivity contribution in [1.29, 1.82) is 0 Å². The molecule has 0 atom stereocenters. The Labute approximate surface area is 154 Å². The second-order valence-corrected chi connectivity index (χ2v) is 7.59. The van der Waals surface area contributed by atoms with E-state index in [1.807, 2.05) is 0 Å². The summed E-state index contributed by atoms with van der Waals surface area (Å²) in [5.41, 5.74) is 1.30. The average molecular weight is 399 g/mol. The van der Waals surface area contributed by atoms with Gasteiger partial charge in [-0.3, -0.25) is 0 Å². The topological polar surface area (TPSA) is 86.1 Å². The van der Waals surface area contributed by atoms with E-state index >= 15 is 0 Å². The van der Waals surface area contributed by atoms with Crippen LogP contribution in [-0.4, -0.2) is 36.7 Å². The van der Waals surface area contributed by atoms with Crippen molar-refractivity contribution >= 4 is 32.8 Å². The molecule has 0 saturated heterocycles. The first-order chi connectivity index (χ1) is 12.4. The van der Waals surface area contributed by atoms with E-state index < -0.39 is 15.8 Å². The van der Waals surface area contributed by atoms with Gasteiger partial charge in [-0.2, -0.15) is 0 Å². The molecular weight excluding hydrogens is 383 g/mol. The molecule has 1 N–H and O–H groups in total. The Morgan fingerprint density at radius 3 is 2.88 bits per heavy atom. The molecule has 0 aliphatic carbocycles. The minimum atomic E-state index is -3.88. The molecule has 0 spiro atoms. The molecule has 0 aliphatic heterocycles. The molecule has 2 heterocycles. The molecule has 10 heteroatoms. The summed E-state index contributed by atoms with van der Waals surface area (Å²) in [6, 6.07) is 6.77. The molecule has 0 aliphatic rings. The quantitative estimate of drug-likeness (QED) is 0.660. The number of fused-ring (bicyclic) bond motifs is 1. The maximum atomic E-state index is 13.2. The Morgan fingerprint density at radius 2 is 2.15 bits per heavy atom. The molecule has 0 fully saturated rings. The number of hydrogen-bond donors (Lipinski definition) is 1. The smallest absolute Gasteiger partial charge is 0.241 e. The second-order valence-electron chi connectivity index (χ2n) is 5.42. The lowest BCUT2D eigenvalue weighted by molar-refractivity contribution is 0.187. The number of methoxy groups -OCH3 is 1. The predicted octanol–water partition coefficient (Wildman–Crippen LogP) is 2.35. The summed E-state index contributed by atoms with van der Waals surface area (Å²) in [6.45, 7) is 0.843. The van der Waals surface area contributed by atoms with Crippen molar-refractivity contribution < 1.29 is 17.5 Å². The van der Waals surface area contributed by atoms with E-state index in [1.165, 1.54) is 0 Å². The minimum Gasteiger partial charge on any atom is -0.383 e. The van der Waals surface area contributed by atoms with Crippen molar-refractivity contribution in [3.05, 3.63) is 53.2 Å². The van der Waals surface area contributed by atoms with Crippen LogP contribution >= 0.6 is 11.6 Å². The molecule has 7 nitrogen and oxygen atoms in total. The molecule has 0 radical (unpaired) electrons. The number of hydrogen-bond acceptors (Lipinski definition) is 5. The van der Waals surface area contributed by atoms with Crippen molar-refractivity contribution in [3.63, 3.8) is 0 Å². The van der Waals surface area contributed by atoms with Gasteiger partial charge in [0.15, 0.2) is 5.65 Å². The summed E-state index contributed by atoms with van der Waals surface area (Å²) >= 11 is 5.67. The zero-order chi connectivity index (χ0) is 18.7. The molecule has 0 unspecified atom stereocenters. The van der Waals surface area contributed by atoms with Crippen molar-refractivity contribution in [2.45, 2.75) is 18.0 Å². The summed E-state index contributed by atoms with van der Waals surface area (Å²) in [5.74, 6) is -0.189. The van der Waals surface area contributed by atoms with E-state index in [1.54, 1.807) is 30.0 Å². The van der Waals surface area contributed by atoms with Gasteiger partial charge in [-0.05, 0) is 30.3 Å².